The van der Waals surface area contributed by atoms with E-state index in [1.54, 1.807) is 19.3 Å². The highest BCUT2D eigenvalue weighted by atomic mass is 32.1. The topological polar surface area (TPSA) is 108 Å². The van der Waals surface area contributed by atoms with E-state index in [1.165, 1.54) is 6.39 Å². The van der Waals surface area contributed by atoms with Gasteiger partial charge in [0.2, 0.25) is 12.3 Å². The SMILES string of the molecule is Cc1ccc(-c2nnco2)cc1-c1cnc(CC(=O)c2snnc2C)cn1. The molecular formula is C18H14N6O2S. The number of nitrogens with zero attached hydrogens (tertiary/aromatic N) is 6. The molecule has 0 spiro atoms. The third-order valence-electron chi connectivity index (χ3n) is 4.07. The smallest absolute Gasteiger partial charge is 0.247 e. The Balaban J connectivity index is 1.58. The molecule has 27 heavy (non-hydrogen) atoms. The lowest BCUT2D eigenvalue weighted by Gasteiger charge is -2.07. The molecule has 9 heteroatoms. The number of benzene rings is 1. The number of aryl methyl sites for hydroxylation is 2. The number of carbonyl (C=O) groups excluding carboxylic acids is 1. The van der Waals surface area contributed by atoms with Crippen molar-refractivity contribution >= 4 is 17.3 Å². The molecule has 0 fully saturated rings. The molecular weight excluding hydrogens is 364 g/mol. The largest absolute Gasteiger partial charge is 0.423 e. The highest BCUT2D eigenvalue weighted by Gasteiger charge is 2.15. The summed E-state index contributed by atoms with van der Waals surface area (Å²) in [6, 6.07) is 5.82. The predicted molar refractivity (Wildman–Crippen MR) is 98.2 cm³/mol. The van der Waals surface area contributed by atoms with Crippen LogP contribution in [0.3, 0.4) is 0 Å². The van der Waals surface area contributed by atoms with Gasteiger partial charge in [0.1, 0.15) is 4.88 Å². The summed E-state index contributed by atoms with van der Waals surface area (Å²) < 4.78 is 9.05. The van der Waals surface area contributed by atoms with Crippen molar-refractivity contribution < 1.29 is 9.21 Å². The Hall–Kier alpha value is -3.33. The fraction of sp³-hybridized carbons (Fsp3) is 0.167. The van der Waals surface area contributed by atoms with Gasteiger partial charge in [0, 0.05) is 17.3 Å². The van der Waals surface area contributed by atoms with Crippen molar-refractivity contribution in [1.29, 1.82) is 0 Å². The quantitative estimate of drug-likeness (QED) is 0.488. The minimum atomic E-state index is -0.0564. The Morgan fingerprint density at radius 2 is 2.04 bits per heavy atom. The van der Waals surface area contributed by atoms with Crippen molar-refractivity contribution in [3.8, 4) is 22.7 Å². The average molecular weight is 378 g/mol. The van der Waals surface area contributed by atoms with Gasteiger partial charge in [0.25, 0.3) is 0 Å². The fourth-order valence-electron chi connectivity index (χ4n) is 2.65. The van der Waals surface area contributed by atoms with Crippen LogP contribution in [0.25, 0.3) is 22.7 Å². The predicted octanol–water partition coefficient (Wildman–Crippen LogP) is 3.09. The van der Waals surface area contributed by atoms with E-state index >= 15 is 0 Å². The first-order chi connectivity index (χ1) is 13.1. The number of ketones is 1. The maximum Gasteiger partial charge on any atom is 0.247 e. The zero-order chi connectivity index (χ0) is 18.8. The van der Waals surface area contributed by atoms with Gasteiger partial charge in [-0.05, 0) is 43.1 Å². The second-order valence-corrected chi connectivity index (χ2v) is 6.71. The summed E-state index contributed by atoms with van der Waals surface area (Å²) >= 11 is 1.10. The van der Waals surface area contributed by atoms with Gasteiger partial charge >= 0.3 is 0 Å². The molecule has 134 valence electrons. The molecule has 0 aliphatic carbocycles. The van der Waals surface area contributed by atoms with E-state index in [0.29, 0.717) is 27.8 Å². The van der Waals surface area contributed by atoms with Gasteiger partial charge in [-0.25, -0.2) is 0 Å². The first-order valence-electron chi connectivity index (χ1n) is 8.12. The van der Waals surface area contributed by atoms with E-state index in [9.17, 15) is 4.79 Å². The van der Waals surface area contributed by atoms with Gasteiger partial charge in [-0.15, -0.1) is 15.3 Å². The molecule has 0 atom stereocenters. The third kappa shape index (κ3) is 3.49. The van der Waals surface area contributed by atoms with Crippen LogP contribution in [0.15, 0.2) is 41.4 Å². The first kappa shape index (κ1) is 17.1. The van der Waals surface area contributed by atoms with Crippen molar-refractivity contribution in [2.24, 2.45) is 0 Å². The van der Waals surface area contributed by atoms with Crippen molar-refractivity contribution in [3.63, 3.8) is 0 Å². The van der Waals surface area contributed by atoms with E-state index in [0.717, 1.165) is 28.2 Å². The summed E-state index contributed by atoms with van der Waals surface area (Å²) in [5, 5.41) is 11.5. The van der Waals surface area contributed by atoms with Gasteiger partial charge in [-0.3, -0.25) is 14.8 Å². The van der Waals surface area contributed by atoms with Gasteiger partial charge in [0.15, 0.2) is 5.78 Å². The van der Waals surface area contributed by atoms with Gasteiger partial charge in [0.05, 0.1) is 29.7 Å². The number of Topliss-reactive ketones (excluding diaryl/α,β-unsaturated/α-hetero) is 1. The maximum absolute atomic E-state index is 12.3. The lowest BCUT2D eigenvalue weighted by molar-refractivity contribution is 0.0995. The summed E-state index contributed by atoms with van der Waals surface area (Å²) in [5.74, 6) is 0.388. The minimum Gasteiger partial charge on any atom is -0.423 e. The van der Waals surface area contributed by atoms with Crippen LogP contribution in [0.2, 0.25) is 0 Å². The first-order valence-corrected chi connectivity index (χ1v) is 8.90. The summed E-state index contributed by atoms with van der Waals surface area (Å²) in [6.45, 7) is 3.76. The minimum absolute atomic E-state index is 0.0564. The molecule has 0 N–H and O–H groups in total. The van der Waals surface area contributed by atoms with Crippen LogP contribution < -0.4 is 0 Å². The molecule has 8 nitrogen and oxygen atoms in total. The van der Waals surface area contributed by atoms with Crippen LogP contribution in [0, 0.1) is 13.8 Å². The van der Waals surface area contributed by atoms with Crippen molar-refractivity contribution in [2.75, 3.05) is 0 Å². The monoisotopic (exact) mass is 378 g/mol. The number of hydrogen-bond donors (Lipinski definition) is 0. The molecule has 4 rings (SSSR count). The normalized spacial score (nSPS) is 10.9. The number of hydrogen-bond acceptors (Lipinski definition) is 9. The van der Waals surface area contributed by atoms with Crippen LogP contribution in [0.5, 0.6) is 0 Å². The summed E-state index contributed by atoms with van der Waals surface area (Å²) in [4.78, 5) is 21.8. The molecule has 0 aliphatic heterocycles. The zero-order valence-corrected chi connectivity index (χ0v) is 15.4. The standard InChI is InChI=1S/C18H14N6O2S/c1-10-3-4-12(18-23-21-9-26-18)5-14(10)15-8-19-13(7-20-15)6-16(25)17-11(2)22-24-27-17/h3-5,7-9H,6H2,1-2H3. The van der Waals surface area contributed by atoms with Crippen LogP contribution >= 0.6 is 11.5 Å². The van der Waals surface area contributed by atoms with Crippen LogP contribution in [-0.2, 0) is 6.42 Å². The van der Waals surface area contributed by atoms with Crippen LogP contribution in [-0.4, -0.2) is 35.5 Å². The summed E-state index contributed by atoms with van der Waals surface area (Å²) in [7, 11) is 0. The van der Waals surface area contributed by atoms with E-state index in [1.807, 2.05) is 25.1 Å². The lowest BCUT2D eigenvalue weighted by atomic mass is 10.0. The second kappa shape index (κ2) is 7.12. The molecule has 0 aliphatic rings. The van der Waals surface area contributed by atoms with E-state index < -0.39 is 0 Å². The van der Waals surface area contributed by atoms with Crippen LogP contribution in [0.4, 0.5) is 0 Å². The maximum atomic E-state index is 12.3. The number of rotatable bonds is 5. The van der Waals surface area contributed by atoms with Gasteiger partial charge in [-0.2, -0.15) is 0 Å². The van der Waals surface area contributed by atoms with Crippen molar-refractivity contribution in [3.05, 3.63) is 58.8 Å². The summed E-state index contributed by atoms with van der Waals surface area (Å²) in [5.41, 5.74) is 4.72. The molecule has 4 aromatic rings. The molecule has 0 bridgehead atoms. The molecule has 1 aromatic carbocycles. The average Bonchev–Trinajstić information content (AvgIpc) is 3.35. The van der Waals surface area contributed by atoms with E-state index in [2.05, 4.69) is 29.8 Å². The summed E-state index contributed by atoms with van der Waals surface area (Å²) in [6.07, 6.45) is 4.75. The lowest BCUT2D eigenvalue weighted by Crippen LogP contribution is -2.05. The number of aromatic nitrogens is 6. The molecule has 0 amide bonds. The van der Waals surface area contributed by atoms with E-state index in [-0.39, 0.29) is 12.2 Å². The van der Waals surface area contributed by atoms with Crippen molar-refractivity contribution in [1.82, 2.24) is 29.8 Å². The Kier molecular flexibility index (Phi) is 4.51. The zero-order valence-electron chi connectivity index (χ0n) is 14.6. The van der Waals surface area contributed by atoms with Crippen molar-refractivity contribution in [2.45, 2.75) is 20.3 Å². The number of carbonyl (C=O) groups is 1. The Morgan fingerprint density at radius 3 is 2.70 bits per heavy atom. The second-order valence-electron chi connectivity index (χ2n) is 5.95. The highest BCUT2D eigenvalue weighted by Crippen LogP contribution is 2.27. The Labute approximate surface area is 158 Å². The Morgan fingerprint density at radius 1 is 1.15 bits per heavy atom. The third-order valence-corrected chi connectivity index (χ3v) is 4.94. The van der Waals surface area contributed by atoms with Crippen LogP contribution in [0.1, 0.15) is 26.6 Å². The Bertz CT molecular complexity index is 1090. The molecule has 0 radical (unpaired) electrons. The van der Waals surface area contributed by atoms with Gasteiger partial charge in [-0.1, -0.05) is 10.6 Å². The molecule has 0 saturated heterocycles. The molecule has 0 unspecified atom stereocenters. The van der Waals surface area contributed by atoms with Gasteiger partial charge < -0.3 is 4.42 Å². The molecule has 3 aromatic heterocycles. The molecule has 0 saturated carbocycles. The molecule has 3 heterocycles. The highest BCUT2D eigenvalue weighted by molar-refractivity contribution is 7.08. The fourth-order valence-corrected chi connectivity index (χ4v) is 3.24. The van der Waals surface area contributed by atoms with E-state index in [4.69, 9.17) is 4.42 Å².